The van der Waals surface area contributed by atoms with Crippen molar-refractivity contribution in [3.05, 3.63) is 93.4 Å². The number of hydrogen-bond acceptors (Lipinski definition) is 7. The molecule has 0 unspecified atom stereocenters. The lowest BCUT2D eigenvalue weighted by Crippen LogP contribution is -2.33. The third-order valence-corrected chi connectivity index (χ3v) is 7.27. The summed E-state index contributed by atoms with van der Waals surface area (Å²) >= 11 is 4.61. The van der Waals surface area contributed by atoms with Gasteiger partial charge in [-0.3, -0.25) is 19.3 Å². The predicted octanol–water partition coefficient (Wildman–Crippen LogP) is 5.53. The van der Waals surface area contributed by atoms with Crippen LogP contribution in [0.15, 0.2) is 92.8 Å². The Bertz CT molecular complexity index is 1340. The number of rotatable bonds is 11. The van der Waals surface area contributed by atoms with Gasteiger partial charge in [0.15, 0.2) is 0 Å². The van der Waals surface area contributed by atoms with Crippen LogP contribution < -0.4 is 15.4 Å². The third kappa shape index (κ3) is 6.63. The van der Waals surface area contributed by atoms with Gasteiger partial charge in [-0.05, 0) is 79.2 Å². The van der Waals surface area contributed by atoms with Crippen molar-refractivity contribution in [2.45, 2.75) is 11.3 Å². The molecule has 10 heteroatoms. The number of methoxy groups -OCH3 is 2. The van der Waals surface area contributed by atoms with Crippen molar-refractivity contribution in [3.63, 3.8) is 0 Å². The molecule has 1 aliphatic rings. The van der Waals surface area contributed by atoms with Crippen molar-refractivity contribution < 1.29 is 23.9 Å². The smallest absolute Gasteiger partial charge is 0.278 e. The Labute approximate surface area is 233 Å². The summed E-state index contributed by atoms with van der Waals surface area (Å²) in [6, 6.07) is 21.3. The fourth-order valence-electron chi connectivity index (χ4n) is 3.68. The molecule has 0 atom stereocenters. The Hall–Kier alpha value is -3.60. The van der Waals surface area contributed by atoms with Crippen LogP contribution in [0.3, 0.4) is 0 Å². The van der Waals surface area contributed by atoms with Crippen molar-refractivity contribution in [2.24, 2.45) is 0 Å². The minimum atomic E-state index is -0.375. The normalized spacial score (nSPS) is 13.2. The molecule has 3 amide bonds. The van der Waals surface area contributed by atoms with E-state index in [9.17, 15) is 14.4 Å². The van der Waals surface area contributed by atoms with Gasteiger partial charge < -0.3 is 20.1 Å². The van der Waals surface area contributed by atoms with Crippen LogP contribution in [0.2, 0.25) is 0 Å². The first kappa shape index (κ1) is 27.4. The lowest BCUT2D eigenvalue weighted by Gasteiger charge is -2.14. The number of carbonyl (C=O) groups excluding carboxylic acids is 3. The van der Waals surface area contributed by atoms with Gasteiger partial charge in [0.2, 0.25) is 0 Å². The molecule has 8 nitrogen and oxygen atoms in total. The van der Waals surface area contributed by atoms with Gasteiger partial charge in [0, 0.05) is 46.6 Å². The highest BCUT2D eigenvalue weighted by Crippen LogP contribution is 2.36. The number of nitrogens with one attached hydrogen (secondary N) is 2. The number of amides is 3. The van der Waals surface area contributed by atoms with E-state index >= 15 is 0 Å². The quantitative estimate of drug-likeness (QED) is 0.222. The summed E-state index contributed by atoms with van der Waals surface area (Å²) in [5, 5.41) is 5.99. The summed E-state index contributed by atoms with van der Waals surface area (Å²) in [5.74, 6) is -0.309. The summed E-state index contributed by atoms with van der Waals surface area (Å²) in [7, 11) is 3.15. The molecule has 2 N–H and O–H groups in total. The molecule has 1 aliphatic heterocycles. The number of imide groups is 1. The van der Waals surface area contributed by atoms with E-state index in [-0.39, 0.29) is 30.0 Å². The lowest BCUT2D eigenvalue weighted by atomic mass is 10.2. The van der Waals surface area contributed by atoms with Crippen molar-refractivity contribution in [2.75, 3.05) is 38.0 Å². The predicted molar refractivity (Wildman–Crippen MR) is 151 cm³/mol. The van der Waals surface area contributed by atoms with Gasteiger partial charge in [0.25, 0.3) is 17.7 Å². The highest BCUT2D eigenvalue weighted by atomic mass is 79.9. The van der Waals surface area contributed by atoms with E-state index in [0.29, 0.717) is 40.6 Å². The molecule has 0 saturated heterocycles. The number of nitrogens with zero attached hydrogens (tertiary/aromatic N) is 1. The maximum atomic E-state index is 13.3. The van der Waals surface area contributed by atoms with Crippen LogP contribution in [0.4, 0.5) is 11.4 Å². The van der Waals surface area contributed by atoms with E-state index in [1.807, 2.05) is 24.3 Å². The Balaban J connectivity index is 1.51. The summed E-state index contributed by atoms with van der Waals surface area (Å²) in [6.45, 7) is 0.704. The van der Waals surface area contributed by atoms with E-state index in [4.69, 9.17) is 9.47 Å². The second-order valence-corrected chi connectivity index (χ2v) is 10.3. The van der Waals surface area contributed by atoms with Crippen molar-refractivity contribution >= 4 is 56.8 Å². The SMILES string of the molecule is COCCCN1C(=O)C(Nc2ccc(Br)cc2)=C(Sc2ccc(NC(=O)c3ccc(OC)cc3)cc2)C1=O. The van der Waals surface area contributed by atoms with Gasteiger partial charge in [0.1, 0.15) is 16.4 Å². The van der Waals surface area contributed by atoms with E-state index in [1.165, 1.54) is 16.7 Å². The van der Waals surface area contributed by atoms with Crippen molar-refractivity contribution in [1.29, 1.82) is 0 Å². The van der Waals surface area contributed by atoms with Crippen LogP contribution in [0, 0.1) is 0 Å². The average molecular weight is 597 g/mol. The van der Waals surface area contributed by atoms with E-state index in [2.05, 4.69) is 26.6 Å². The molecular weight excluding hydrogens is 570 g/mol. The second kappa shape index (κ2) is 12.8. The number of anilines is 2. The first-order valence-electron chi connectivity index (χ1n) is 11.7. The van der Waals surface area contributed by atoms with Crippen LogP contribution in [-0.4, -0.2) is 50.0 Å². The highest BCUT2D eigenvalue weighted by Gasteiger charge is 2.38. The van der Waals surface area contributed by atoms with Gasteiger partial charge in [-0.1, -0.05) is 27.7 Å². The van der Waals surface area contributed by atoms with E-state index < -0.39 is 0 Å². The molecule has 0 aliphatic carbocycles. The molecule has 0 aromatic heterocycles. The number of carbonyl (C=O) groups is 3. The van der Waals surface area contributed by atoms with Gasteiger partial charge >= 0.3 is 0 Å². The van der Waals surface area contributed by atoms with Crippen LogP contribution >= 0.6 is 27.7 Å². The molecule has 0 fully saturated rings. The molecular formula is C28H26BrN3O5S. The number of halogens is 1. The standard InChI is InChI=1S/C28H26BrN3O5S/c1-36-17-3-16-32-27(34)24(30-20-8-6-19(29)7-9-20)25(28(32)35)38-23-14-10-21(11-15-23)31-26(33)18-4-12-22(37-2)13-5-18/h4-15,30H,3,16-17H2,1-2H3,(H,31,33). The second-order valence-electron chi connectivity index (χ2n) is 8.25. The zero-order valence-electron chi connectivity index (χ0n) is 20.8. The third-order valence-electron chi connectivity index (χ3n) is 5.65. The molecule has 3 aromatic rings. The van der Waals surface area contributed by atoms with Crippen LogP contribution in [0.25, 0.3) is 0 Å². The molecule has 4 rings (SSSR count). The molecule has 3 aromatic carbocycles. The van der Waals surface area contributed by atoms with Gasteiger partial charge in [0.05, 0.1) is 7.11 Å². The monoisotopic (exact) mass is 595 g/mol. The Morgan fingerprint density at radius 1 is 0.895 bits per heavy atom. The topological polar surface area (TPSA) is 97.0 Å². The first-order valence-corrected chi connectivity index (χ1v) is 13.4. The Morgan fingerprint density at radius 3 is 2.18 bits per heavy atom. The van der Waals surface area contributed by atoms with Gasteiger partial charge in [-0.2, -0.15) is 0 Å². The fraction of sp³-hybridized carbons (Fsp3) is 0.179. The number of benzene rings is 3. The summed E-state index contributed by atoms with van der Waals surface area (Å²) in [6.07, 6.45) is 0.542. The minimum absolute atomic E-state index is 0.233. The lowest BCUT2D eigenvalue weighted by molar-refractivity contribution is -0.137. The first-order chi connectivity index (χ1) is 18.4. The van der Waals surface area contributed by atoms with Crippen molar-refractivity contribution in [1.82, 2.24) is 4.90 Å². The highest BCUT2D eigenvalue weighted by molar-refractivity contribution is 9.10. The largest absolute Gasteiger partial charge is 0.497 e. The average Bonchev–Trinajstić information content (AvgIpc) is 3.14. The van der Waals surface area contributed by atoms with Crippen LogP contribution in [0.1, 0.15) is 16.8 Å². The zero-order valence-corrected chi connectivity index (χ0v) is 23.2. The Kier molecular flexibility index (Phi) is 9.22. The number of ether oxygens (including phenoxy) is 2. The summed E-state index contributed by atoms with van der Waals surface area (Å²) in [5.41, 5.74) is 2.03. The molecule has 196 valence electrons. The molecule has 0 bridgehead atoms. The number of hydrogen-bond donors (Lipinski definition) is 2. The summed E-state index contributed by atoms with van der Waals surface area (Å²) < 4.78 is 11.1. The van der Waals surface area contributed by atoms with Crippen LogP contribution in [-0.2, 0) is 14.3 Å². The molecule has 0 radical (unpaired) electrons. The molecule has 0 spiro atoms. The minimum Gasteiger partial charge on any atom is -0.497 e. The van der Waals surface area contributed by atoms with Gasteiger partial charge in [-0.25, -0.2) is 0 Å². The van der Waals surface area contributed by atoms with Crippen molar-refractivity contribution in [3.8, 4) is 5.75 Å². The number of thioether (sulfide) groups is 1. The Morgan fingerprint density at radius 2 is 1.55 bits per heavy atom. The van der Waals surface area contributed by atoms with Gasteiger partial charge in [-0.15, -0.1) is 0 Å². The maximum absolute atomic E-state index is 13.3. The van der Waals surface area contributed by atoms with E-state index in [1.54, 1.807) is 62.8 Å². The van der Waals surface area contributed by atoms with Crippen LogP contribution in [0.5, 0.6) is 5.75 Å². The molecule has 38 heavy (non-hydrogen) atoms. The van der Waals surface area contributed by atoms with E-state index in [0.717, 1.165) is 9.37 Å². The summed E-state index contributed by atoms with van der Waals surface area (Å²) in [4.78, 5) is 41.3. The maximum Gasteiger partial charge on any atom is 0.278 e. The fourth-order valence-corrected chi connectivity index (χ4v) is 4.89. The molecule has 1 heterocycles. The molecule has 0 saturated carbocycles. The zero-order chi connectivity index (χ0) is 27.1.